The molecule has 2 aromatic rings. The maximum atomic E-state index is 13.9. The number of carbonyl (C=O) groups is 2. The van der Waals surface area contributed by atoms with Crippen molar-refractivity contribution in [2.45, 2.75) is 0 Å². The van der Waals surface area contributed by atoms with Gasteiger partial charge in [-0.15, -0.1) is 0 Å². The van der Waals surface area contributed by atoms with E-state index in [1.54, 1.807) is 23.1 Å². The fourth-order valence-electron chi connectivity index (χ4n) is 3.39. The van der Waals surface area contributed by atoms with Crippen molar-refractivity contribution in [1.82, 2.24) is 9.80 Å². The van der Waals surface area contributed by atoms with Gasteiger partial charge in [0.2, 0.25) is 0 Å². The van der Waals surface area contributed by atoms with E-state index in [-0.39, 0.29) is 32.1 Å². The van der Waals surface area contributed by atoms with Crippen LogP contribution in [0.25, 0.3) is 0 Å². The molecule has 2 amide bonds. The van der Waals surface area contributed by atoms with Gasteiger partial charge in [0.1, 0.15) is 30.4 Å². The van der Waals surface area contributed by atoms with Crippen LogP contribution in [0, 0.1) is 11.6 Å². The number of benzene rings is 2. The first-order chi connectivity index (χ1) is 13.6. The molecular formula is C20H18F2N2O4. The summed E-state index contributed by atoms with van der Waals surface area (Å²) in [5.41, 5.74) is -0.165. The van der Waals surface area contributed by atoms with Crippen molar-refractivity contribution < 1.29 is 27.8 Å². The van der Waals surface area contributed by atoms with E-state index < -0.39 is 23.1 Å². The molecule has 1 saturated heterocycles. The second kappa shape index (κ2) is 7.46. The Balaban J connectivity index is 1.46. The Morgan fingerprint density at radius 1 is 0.786 bits per heavy atom. The van der Waals surface area contributed by atoms with E-state index >= 15 is 0 Å². The molecule has 4 rings (SSSR count). The third-order valence-corrected chi connectivity index (χ3v) is 4.83. The average Bonchev–Trinajstić information content (AvgIpc) is 2.73. The smallest absolute Gasteiger partial charge is 0.259 e. The first kappa shape index (κ1) is 18.2. The Morgan fingerprint density at radius 3 is 2.04 bits per heavy atom. The second-order valence-electron chi connectivity index (χ2n) is 6.51. The Bertz CT molecular complexity index is 906. The summed E-state index contributed by atoms with van der Waals surface area (Å²) in [4.78, 5) is 28.3. The molecule has 0 spiro atoms. The van der Waals surface area contributed by atoms with Crippen molar-refractivity contribution in [2.75, 3.05) is 39.4 Å². The fraction of sp³-hybridized carbons (Fsp3) is 0.300. The first-order valence-electron chi connectivity index (χ1n) is 8.97. The Kier molecular flexibility index (Phi) is 4.85. The van der Waals surface area contributed by atoms with Crippen molar-refractivity contribution >= 4 is 11.8 Å². The number of rotatable bonds is 2. The lowest BCUT2D eigenvalue weighted by molar-refractivity contribution is 0.0525. The summed E-state index contributed by atoms with van der Waals surface area (Å²) in [6.07, 6.45) is 0. The predicted octanol–water partition coefficient (Wildman–Crippen LogP) is 2.33. The average molecular weight is 388 g/mol. The minimum Gasteiger partial charge on any atom is -0.486 e. The zero-order chi connectivity index (χ0) is 19.7. The van der Waals surface area contributed by atoms with Gasteiger partial charge in [0, 0.05) is 26.2 Å². The van der Waals surface area contributed by atoms with Crippen molar-refractivity contribution in [3.8, 4) is 11.5 Å². The minimum absolute atomic E-state index is 0.185. The highest BCUT2D eigenvalue weighted by Gasteiger charge is 2.30. The highest BCUT2D eigenvalue weighted by molar-refractivity contribution is 5.98. The van der Waals surface area contributed by atoms with Crippen molar-refractivity contribution in [1.29, 1.82) is 0 Å². The standard InChI is InChI=1S/C20H18F2N2O4/c21-14-4-2-5-15(22)17(14)20(26)24-9-7-23(8-10-24)19(25)13-3-1-6-16-18(13)28-12-11-27-16/h1-6H,7-12H2. The normalized spacial score (nSPS) is 16.1. The number of ether oxygens (including phenoxy) is 2. The van der Waals surface area contributed by atoms with Crippen LogP contribution in [-0.2, 0) is 0 Å². The molecule has 8 heteroatoms. The van der Waals surface area contributed by atoms with Crippen LogP contribution in [0.15, 0.2) is 36.4 Å². The largest absolute Gasteiger partial charge is 0.486 e. The van der Waals surface area contributed by atoms with Gasteiger partial charge in [-0.25, -0.2) is 8.78 Å². The lowest BCUT2D eigenvalue weighted by Crippen LogP contribution is -2.51. The second-order valence-corrected chi connectivity index (χ2v) is 6.51. The third kappa shape index (κ3) is 3.26. The molecule has 0 aliphatic carbocycles. The van der Waals surface area contributed by atoms with Crippen molar-refractivity contribution in [2.24, 2.45) is 0 Å². The summed E-state index contributed by atoms with van der Waals surface area (Å²) in [7, 11) is 0. The summed E-state index contributed by atoms with van der Waals surface area (Å²) >= 11 is 0. The molecule has 2 aromatic carbocycles. The van der Waals surface area contributed by atoms with Crippen LogP contribution in [0.3, 0.4) is 0 Å². The minimum atomic E-state index is -0.892. The van der Waals surface area contributed by atoms with Crippen LogP contribution in [0.4, 0.5) is 8.78 Å². The molecule has 0 atom stereocenters. The number of carbonyl (C=O) groups excluding carboxylic acids is 2. The van der Waals surface area contributed by atoms with E-state index in [4.69, 9.17) is 9.47 Å². The lowest BCUT2D eigenvalue weighted by atomic mass is 10.1. The molecule has 0 bridgehead atoms. The van der Waals surface area contributed by atoms with Gasteiger partial charge in [-0.3, -0.25) is 9.59 Å². The number of amides is 2. The van der Waals surface area contributed by atoms with Crippen LogP contribution in [0.1, 0.15) is 20.7 Å². The number of fused-ring (bicyclic) bond motifs is 1. The van der Waals surface area contributed by atoms with Gasteiger partial charge in [0.25, 0.3) is 11.8 Å². The van der Waals surface area contributed by atoms with Gasteiger partial charge < -0.3 is 19.3 Å². The summed E-state index contributed by atoms with van der Waals surface area (Å²) in [5, 5.41) is 0. The molecule has 146 valence electrons. The topological polar surface area (TPSA) is 59.1 Å². The first-order valence-corrected chi connectivity index (χ1v) is 8.97. The summed E-state index contributed by atoms with van der Waals surface area (Å²) in [6.45, 7) is 1.68. The van der Waals surface area contributed by atoms with Gasteiger partial charge in [-0.1, -0.05) is 12.1 Å². The zero-order valence-electron chi connectivity index (χ0n) is 15.0. The summed E-state index contributed by atoms with van der Waals surface area (Å²) in [6, 6.07) is 8.45. The molecule has 2 aliphatic rings. The monoisotopic (exact) mass is 388 g/mol. The molecule has 0 unspecified atom stereocenters. The Morgan fingerprint density at radius 2 is 1.36 bits per heavy atom. The molecule has 0 N–H and O–H groups in total. The van der Waals surface area contributed by atoms with Crippen LogP contribution in [-0.4, -0.2) is 61.0 Å². The number of nitrogens with zero attached hydrogens (tertiary/aromatic N) is 2. The lowest BCUT2D eigenvalue weighted by Gasteiger charge is -2.35. The maximum Gasteiger partial charge on any atom is 0.259 e. The van der Waals surface area contributed by atoms with Gasteiger partial charge in [-0.05, 0) is 24.3 Å². The van der Waals surface area contributed by atoms with Crippen LogP contribution < -0.4 is 9.47 Å². The molecule has 0 radical (unpaired) electrons. The molecule has 6 nitrogen and oxygen atoms in total. The molecule has 2 heterocycles. The van der Waals surface area contributed by atoms with E-state index in [2.05, 4.69) is 0 Å². The number of halogens is 2. The van der Waals surface area contributed by atoms with Gasteiger partial charge >= 0.3 is 0 Å². The Hall–Kier alpha value is -3.16. The number of piperazine rings is 1. The van der Waals surface area contributed by atoms with E-state index in [1.165, 1.54) is 11.0 Å². The number of hydrogen-bond donors (Lipinski definition) is 0. The van der Waals surface area contributed by atoms with Gasteiger partial charge in [0.05, 0.1) is 5.56 Å². The van der Waals surface area contributed by atoms with Crippen LogP contribution in [0.5, 0.6) is 11.5 Å². The molecule has 0 aromatic heterocycles. The predicted molar refractivity (Wildman–Crippen MR) is 95.6 cm³/mol. The number of hydrogen-bond acceptors (Lipinski definition) is 4. The molecular weight excluding hydrogens is 370 g/mol. The highest BCUT2D eigenvalue weighted by Crippen LogP contribution is 2.34. The SMILES string of the molecule is O=C(c1cccc2c1OCCO2)N1CCN(C(=O)c2c(F)cccc2F)CC1. The fourth-order valence-corrected chi connectivity index (χ4v) is 3.39. The summed E-state index contributed by atoms with van der Waals surface area (Å²) in [5.74, 6) is -1.78. The van der Waals surface area contributed by atoms with E-state index in [1.807, 2.05) is 0 Å². The maximum absolute atomic E-state index is 13.9. The van der Waals surface area contributed by atoms with Crippen LogP contribution >= 0.6 is 0 Å². The molecule has 1 fully saturated rings. The molecule has 2 aliphatic heterocycles. The molecule has 0 saturated carbocycles. The quantitative estimate of drug-likeness (QED) is 0.793. The van der Waals surface area contributed by atoms with E-state index in [9.17, 15) is 18.4 Å². The third-order valence-electron chi connectivity index (χ3n) is 4.83. The highest BCUT2D eigenvalue weighted by atomic mass is 19.1. The van der Waals surface area contributed by atoms with Crippen molar-refractivity contribution in [3.05, 3.63) is 59.2 Å². The molecule has 28 heavy (non-hydrogen) atoms. The zero-order valence-corrected chi connectivity index (χ0v) is 15.0. The van der Waals surface area contributed by atoms with Crippen LogP contribution in [0.2, 0.25) is 0 Å². The van der Waals surface area contributed by atoms with Crippen molar-refractivity contribution in [3.63, 3.8) is 0 Å². The summed E-state index contributed by atoms with van der Waals surface area (Å²) < 4.78 is 38.8. The van der Waals surface area contributed by atoms with E-state index in [0.29, 0.717) is 30.3 Å². The Labute approximate surface area is 160 Å². The van der Waals surface area contributed by atoms with Gasteiger partial charge in [-0.2, -0.15) is 0 Å². The van der Waals surface area contributed by atoms with Gasteiger partial charge in [0.15, 0.2) is 11.5 Å². The number of para-hydroxylation sites is 1. The van der Waals surface area contributed by atoms with E-state index in [0.717, 1.165) is 12.1 Å².